The molecule has 4 N–H and O–H groups in total. The fourth-order valence-electron chi connectivity index (χ4n) is 2.75. The van der Waals surface area contributed by atoms with Crippen molar-refractivity contribution in [1.82, 2.24) is 4.72 Å². The number of nitrogens with two attached hydrogens (primary N) is 1. The van der Waals surface area contributed by atoms with Gasteiger partial charge in [0.05, 0.1) is 4.90 Å². The summed E-state index contributed by atoms with van der Waals surface area (Å²) in [5.41, 5.74) is 7.72. The molecular weight excluding hydrogens is 274 g/mol. The highest BCUT2D eigenvalue weighted by Crippen LogP contribution is 2.29. The van der Waals surface area contributed by atoms with E-state index in [9.17, 15) is 8.42 Å². The molecule has 0 aliphatic heterocycles. The Labute approximate surface area is 121 Å². The quantitative estimate of drug-likeness (QED) is 0.768. The molecule has 0 aromatic heterocycles. The van der Waals surface area contributed by atoms with Gasteiger partial charge in [-0.05, 0) is 57.0 Å². The number of hydrogen-bond donors (Lipinski definition) is 3. The number of benzene rings is 1. The predicted molar refractivity (Wildman–Crippen MR) is 81.2 cm³/mol. The molecule has 1 aliphatic rings. The van der Waals surface area contributed by atoms with E-state index in [2.05, 4.69) is 10.0 Å². The van der Waals surface area contributed by atoms with Gasteiger partial charge in [0.15, 0.2) is 0 Å². The molecule has 1 aliphatic carbocycles. The number of rotatable bonds is 5. The van der Waals surface area contributed by atoms with Gasteiger partial charge in [-0.1, -0.05) is 12.5 Å². The van der Waals surface area contributed by atoms with Crippen LogP contribution in [0.3, 0.4) is 0 Å². The van der Waals surface area contributed by atoms with Crippen LogP contribution in [0.5, 0.6) is 0 Å². The molecule has 0 saturated heterocycles. The third kappa shape index (κ3) is 3.13. The first-order valence-electron chi connectivity index (χ1n) is 6.98. The number of sulfonamides is 1. The van der Waals surface area contributed by atoms with Crippen LogP contribution >= 0.6 is 0 Å². The first kappa shape index (κ1) is 15.3. The Morgan fingerprint density at radius 3 is 2.75 bits per heavy atom. The second-order valence-electron chi connectivity index (χ2n) is 5.36. The average Bonchev–Trinajstić information content (AvgIpc) is 2.88. The second kappa shape index (κ2) is 6.11. The Morgan fingerprint density at radius 1 is 1.35 bits per heavy atom. The van der Waals surface area contributed by atoms with Gasteiger partial charge in [-0.25, -0.2) is 13.1 Å². The average molecular weight is 297 g/mol. The maximum Gasteiger partial charge on any atom is 0.240 e. The van der Waals surface area contributed by atoms with Crippen LogP contribution in [0.4, 0.5) is 5.69 Å². The molecule has 0 radical (unpaired) electrons. The van der Waals surface area contributed by atoms with Gasteiger partial charge in [-0.3, -0.25) is 0 Å². The summed E-state index contributed by atoms with van der Waals surface area (Å²) in [6.45, 7) is 2.65. The van der Waals surface area contributed by atoms with Gasteiger partial charge < -0.3 is 11.1 Å². The number of anilines is 1. The summed E-state index contributed by atoms with van der Waals surface area (Å²) in [4.78, 5) is 0.287. The van der Waals surface area contributed by atoms with Crippen molar-refractivity contribution in [2.24, 2.45) is 11.7 Å². The molecule has 1 aromatic rings. The molecule has 2 unspecified atom stereocenters. The van der Waals surface area contributed by atoms with Crippen molar-refractivity contribution in [2.45, 2.75) is 37.1 Å². The minimum atomic E-state index is -3.40. The van der Waals surface area contributed by atoms with E-state index < -0.39 is 10.0 Å². The Balaban J connectivity index is 2.25. The highest BCUT2D eigenvalue weighted by atomic mass is 32.2. The molecule has 2 atom stereocenters. The molecule has 1 saturated carbocycles. The van der Waals surface area contributed by atoms with E-state index in [0.717, 1.165) is 24.1 Å². The zero-order valence-electron chi connectivity index (χ0n) is 12.0. The minimum Gasteiger partial charge on any atom is -0.382 e. The molecule has 0 bridgehead atoms. The Morgan fingerprint density at radius 2 is 2.10 bits per heavy atom. The van der Waals surface area contributed by atoms with Crippen LogP contribution < -0.4 is 15.8 Å². The lowest BCUT2D eigenvalue weighted by Crippen LogP contribution is -2.29. The molecule has 0 heterocycles. The van der Waals surface area contributed by atoms with E-state index in [0.29, 0.717) is 18.5 Å². The van der Waals surface area contributed by atoms with Crippen LogP contribution in [0.1, 0.15) is 24.8 Å². The third-order valence-corrected chi connectivity index (χ3v) is 5.50. The van der Waals surface area contributed by atoms with Crippen LogP contribution in [0.25, 0.3) is 0 Å². The van der Waals surface area contributed by atoms with Crippen molar-refractivity contribution in [2.75, 3.05) is 18.9 Å². The summed E-state index contributed by atoms with van der Waals surface area (Å²) < 4.78 is 26.1. The van der Waals surface area contributed by atoms with Gasteiger partial charge in [0.2, 0.25) is 10.0 Å². The Kier molecular flexibility index (Phi) is 4.67. The molecule has 1 fully saturated rings. The molecule has 112 valence electrons. The van der Waals surface area contributed by atoms with Crippen molar-refractivity contribution < 1.29 is 8.42 Å². The minimum absolute atomic E-state index is 0.287. The van der Waals surface area contributed by atoms with E-state index in [1.807, 2.05) is 13.0 Å². The van der Waals surface area contributed by atoms with Gasteiger partial charge in [0.25, 0.3) is 0 Å². The van der Waals surface area contributed by atoms with Crippen LogP contribution in [-0.4, -0.2) is 28.1 Å². The summed E-state index contributed by atoms with van der Waals surface area (Å²) in [5, 5.41) is 3.47. The summed E-state index contributed by atoms with van der Waals surface area (Å²) in [6, 6.07) is 5.50. The lowest BCUT2D eigenvalue weighted by atomic mass is 10.0. The van der Waals surface area contributed by atoms with E-state index in [1.54, 1.807) is 12.1 Å². The predicted octanol–water partition coefficient (Wildman–Crippen LogP) is 1.44. The molecular formula is C14H23N3O2S. The molecule has 6 heteroatoms. The topological polar surface area (TPSA) is 84.2 Å². The van der Waals surface area contributed by atoms with E-state index in [4.69, 9.17) is 5.73 Å². The summed E-state index contributed by atoms with van der Waals surface area (Å²) >= 11 is 0. The molecule has 2 rings (SSSR count). The van der Waals surface area contributed by atoms with Crippen molar-refractivity contribution in [3.8, 4) is 0 Å². The fourth-order valence-corrected chi connectivity index (χ4v) is 3.51. The molecule has 0 amide bonds. The third-order valence-electron chi connectivity index (χ3n) is 4.09. The van der Waals surface area contributed by atoms with Gasteiger partial charge in [-0.2, -0.15) is 0 Å². The van der Waals surface area contributed by atoms with Gasteiger partial charge in [0.1, 0.15) is 0 Å². The zero-order valence-corrected chi connectivity index (χ0v) is 12.8. The van der Waals surface area contributed by atoms with Crippen LogP contribution in [-0.2, 0) is 10.0 Å². The summed E-state index contributed by atoms with van der Waals surface area (Å²) in [6.07, 6.45) is 3.40. The monoisotopic (exact) mass is 297 g/mol. The summed E-state index contributed by atoms with van der Waals surface area (Å²) in [7, 11) is -1.98. The van der Waals surface area contributed by atoms with E-state index in [1.165, 1.54) is 13.5 Å². The van der Waals surface area contributed by atoms with E-state index >= 15 is 0 Å². The first-order chi connectivity index (χ1) is 9.47. The van der Waals surface area contributed by atoms with Crippen LogP contribution in [0.2, 0.25) is 0 Å². The second-order valence-corrected chi connectivity index (χ2v) is 7.25. The smallest absolute Gasteiger partial charge is 0.240 e. The Bertz CT molecular complexity index is 572. The summed E-state index contributed by atoms with van der Waals surface area (Å²) in [5.74, 6) is 0.471. The SMILES string of the molecule is CNS(=O)(=O)c1ccc(C)c(NC2CCCC2CN)c1. The van der Waals surface area contributed by atoms with Crippen LogP contribution in [0, 0.1) is 12.8 Å². The molecule has 1 aromatic carbocycles. The highest BCUT2D eigenvalue weighted by molar-refractivity contribution is 7.89. The lowest BCUT2D eigenvalue weighted by Gasteiger charge is -2.22. The van der Waals surface area contributed by atoms with Crippen LogP contribution in [0.15, 0.2) is 23.1 Å². The number of aryl methyl sites for hydroxylation is 1. The van der Waals surface area contributed by atoms with Crippen molar-refractivity contribution in [3.05, 3.63) is 23.8 Å². The Hall–Kier alpha value is -1.11. The number of hydrogen-bond acceptors (Lipinski definition) is 4. The molecule has 20 heavy (non-hydrogen) atoms. The standard InChI is InChI=1S/C14H23N3O2S/c1-10-6-7-12(20(18,19)16-2)8-14(10)17-13-5-3-4-11(13)9-15/h6-8,11,13,16-17H,3-5,9,15H2,1-2H3. The largest absolute Gasteiger partial charge is 0.382 e. The van der Waals surface area contributed by atoms with Crippen molar-refractivity contribution >= 4 is 15.7 Å². The van der Waals surface area contributed by atoms with Crippen molar-refractivity contribution in [3.63, 3.8) is 0 Å². The molecule has 5 nitrogen and oxygen atoms in total. The van der Waals surface area contributed by atoms with Crippen molar-refractivity contribution in [1.29, 1.82) is 0 Å². The van der Waals surface area contributed by atoms with E-state index in [-0.39, 0.29) is 4.90 Å². The molecule has 0 spiro atoms. The lowest BCUT2D eigenvalue weighted by molar-refractivity contribution is 0.516. The fraction of sp³-hybridized carbons (Fsp3) is 0.571. The highest BCUT2D eigenvalue weighted by Gasteiger charge is 2.26. The number of nitrogens with one attached hydrogen (secondary N) is 2. The zero-order chi connectivity index (χ0) is 14.8. The maximum atomic E-state index is 11.9. The van der Waals surface area contributed by atoms with Gasteiger partial charge >= 0.3 is 0 Å². The first-order valence-corrected chi connectivity index (χ1v) is 8.47. The maximum absolute atomic E-state index is 11.9. The van der Waals surface area contributed by atoms with Gasteiger partial charge in [0, 0.05) is 11.7 Å². The normalized spacial score (nSPS) is 22.9. The van der Waals surface area contributed by atoms with Gasteiger partial charge in [-0.15, -0.1) is 0 Å².